The Morgan fingerprint density at radius 3 is 2.70 bits per heavy atom. The van der Waals surface area contributed by atoms with E-state index in [2.05, 4.69) is 10.3 Å². The highest BCUT2D eigenvalue weighted by Gasteiger charge is 2.27. The van der Waals surface area contributed by atoms with E-state index in [-0.39, 0.29) is 11.4 Å². The standard InChI is InChI=1S/C22H19N3O5/c1-13-6-9-15(10-20(13)25(28)29)23-21(26)12-30-22(27)17-11-19(14-7-8-14)24-18-5-3-2-4-16(17)18/h2-6,9-11,14H,7-8,12H2,1H3,(H,23,26). The maximum Gasteiger partial charge on any atom is 0.339 e. The second-order valence-corrected chi connectivity index (χ2v) is 7.27. The van der Waals surface area contributed by atoms with Crippen molar-refractivity contribution in [2.24, 2.45) is 0 Å². The highest BCUT2D eigenvalue weighted by molar-refractivity contribution is 6.04. The molecule has 1 aliphatic carbocycles. The number of aromatic nitrogens is 1. The molecule has 3 aromatic rings. The first-order chi connectivity index (χ1) is 14.4. The Bertz CT molecular complexity index is 1170. The number of ether oxygens (including phenoxy) is 1. The predicted octanol–water partition coefficient (Wildman–Crippen LogP) is 4.12. The predicted molar refractivity (Wildman–Crippen MR) is 110 cm³/mol. The number of amides is 1. The number of para-hydroxylation sites is 1. The number of pyridine rings is 1. The van der Waals surface area contributed by atoms with E-state index < -0.39 is 23.4 Å². The number of nitro benzene ring substituents is 1. The molecule has 8 heteroatoms. The van der Waals surface area contributed by atoms with Crippen molar-refractivity contribution in [3.8, 4) is 0 Å². The van der Waals surface area contributed by atoms with E-state index in [4.69, 9.17) is 4.74 Å². The van der Waals surface area contributed by atoms with Crippen LogP contribution in [0.25, 0.3) is 10.9 Å². The molecule has 30 heavy (non-hydrogen) atoms. The smallest absolute Gasteiger partial charge is 0.339 e. The first kappa shape index (κ1) is 19.5. The Morgan fingerprint density at radius 1 is 1.20 bits per heavy atom. The van der Waals surface area contributed by atoms with E-state index >= 15 is 0 Å². The van der Waals surface area contributed by atoms with Gasteiger partial charge in [0.25, 0.3) is 11.6 Å². The number of aryl methyl sites for hydroxylation is 1. The molecular weight excluding hydrogens is 386 g/mol. The molecule has 2 aromatic carbocycles. The van der Waals surface area contributed by atoms with Crippen LogP contribution in [0.4, 0.5) is 11.4 Å². The summed E-state index contributed by atoms with van der Waals surface area (Å²) in [5.41, 5.74) is 2.60. The Balaban J connectivity index is 1.47. The van der Waals surface area contributed by atoms with Crippen molar-refractivity contribution in [3.63, 3.8) is 0 Å². The molecule has 1 aromatic heterocycles. The molecule has 1 aliphatic rings. The van der Waals surface area contributed by atoms with Gasteiger partial charge in [0.2, 0.25) is 0 Å². The van der Waals surface area contributed by atoms with Gasteiger partial charge in [-0.25, -0.2) is 4.79 Å². The molecule has 8 nitrogen and oxygen atoms in total. The van der Waals surface area contributed by atoms with Crippen molar-refractivity contribution in [1.29, 1.82) is 0 Å². The average Bonchev–Trinajstić information content (AvgIpc) is 3.58. The van der Waals surface area contributed by atoms with Crippen LogP contribution in [0.5, 0.6) is 0 Å². The summed E-state index contributed by atoms with van der Waals surface area (Å²) in [4.78, 5) is 40.0. The number of benzene rings is 2. The van der Waals surface area contributed by atoms with Crippen LogP contribution in [0.2, 0.25) is 0 Å². The molecular formula is C22H19N3O5. The molecule has 0 bridgehead atoms. The minimum atomic E-state index is -0.611. The van der Waals surface area contributed by atoms with Gasteiger partial charge in [0.15, 0.2) is 6.61 Å². The van der Waals surface area contributed by atoms with E-state index in [9.17, 15) is 19.7 Å². The summed E-state index contributed by atoms with van der Waals surface area (Å²) >= 11 is 0. The molecule has 1 heterocycles. The van der Waals surface area contributed by atoms with Crippen molar-refractivity contribution < 1.29 is 19.2 Å². The van der Waals surface area contributed by atoms with Gasteiger partial charge < -0.3 is 10.1 Å². The van der Waals surface area contributed by atoms with Crippen LogP contribution in [0, 0.1) is 17.0 Å². The van der Waals surface area contributed by atoms with Crippen molar-refractivity contribution in [3.05, 3.63) is 75.5 Å². The largest absolute Gasteiger partial charge is 0.452 e. The number of esters is 1. The van der Waals surface area contributed by atoms with E-state index in [0.717, 1.165) is 18.5 Å². The van der Waals surface area contributed by atoms with Gasteiger partial charge in [0.05, 0.1) is 16.0 Å². The lowest BCUT2D eigenvalue weighted by atomic mass is 10.1. The Morgan fingerprint density at radius 2 is 1.97 bits per heavy atom. The monoisotopic (exact) mass is 405 g/mol. The molecule has 1 fully saturated rings. The van der Waals surface area contributed by atoms with Crippen LogP contribution in [0.3, 0.4) is 0 Å². The first-order valence-corrected chi connectivity index (χ1v) is 9.54. The minimum Gasteiger partial charge on any atom is -0.452 e. The molecule has 0 saturated heterocycles. The summed E-state index contributed by atoms with van der Waals surface area (Å²) in [6, 6.07) is 13.4. The van der Waals surface area contributed by atoms with Crippen LogP contribution in [-0.4, -0.2) is 28.4 Å². The normalized spacial score (nSPS) is 13.1. The molecule has 0 unspecified atom stereocenters. The summed E-state index contributed by atoms with van der Waals surface area (Å²) < 4.78 is 5.21. The molecule has 0 aliphatic heterocycles. The molecule has 1 saturated carbocycles. The fourth-order valence-electron chi connectivity index (χ4n) is 3.24. The number of nitrogens with one attached hydrogen (secondary N) is 1. The number of nitro groups is 1. The summed E-state index contributed by atoms with van der Waals surface area (Å²) in [7, 11) is 0. The number of hydrogen-bond acceptors (Lipinski definition) is 6. The summed E-state index contributed by atoms with van der Waals surface area (Å²) in [6.45, 7) is 1.11. The number of anilines is 1. The third-order valence-electron chi connectivity index (χ3n) is 4.98. The van der Waals surface area contributed by atoms with Gasteiger partial charge in [-0.1, -0.05) is 24.3 Å². The minimum absolute atomic E-state index is 0.0966. The highest BCUT2D eigenvalue weighted by atomic mass is 16.6. The Labute approximate surface area is 172 Å². The van der Waals surface area contributed by atoms with Crippen LogP contribution in [0.15, 0.2) is 48.5 Å². The van der Waals surface area contributed by atoms with Gasteiger partial charge in [-0.15, -0.1) is 0 Å². The second-order valence-electron chi connectivity index (χ2n) is 7.27. The zero-order valence-electron chi connectivity index (χ0n) is 16.3. The van der Waals surface area contributed by atoms with Crippen LogP contribution < -0.4 is 5.32 Å². The average molecular weight is 405 g/mol. The van der Waals surface area contributed by atoms with E-state index in [1.807, 2.05) is 18.2 Å². The van der Waals surface area contributed by atoms with Gasteiger partial charge in [-0.3, -0.25) is 19.9 Å². The maximum atomic E-state index is 12.7. The molecule has 0 radical (unpaired) electrons. The lowest BCUT2D eigenvalue weighted by Crippen LogP contribution is -2.21. The summed E-state index contributed by atoms with van der Waals surface area (Å²) in [5.74, 6) is -0.829. The van der Waals surface area contributed by atoms with E-state index in [1.54, 1.807) is 31.2 Å². The van der Waals surface area contributed by atoms with Gasteiger partial charge in [-0.05, 0) is 38.0 Å². The SMILES string of the molecule is Cc1ccc(NC(=O)COC(=O)c2cc(C3CC3)nc3ccccc23)cc1[N+](=O)[O-]. The number of fused-ring (bicyclic) bond motifs is 1. The molecule has 1 N–H and O–H groups in total. The van der Waals surface area contributed by atoms with Crippen LogP contribution in [-0.2, 0) is 9.53 Å². The van der Waals surface area contributed by atoms with Crippen molar-refractivity contribution >= 4 is 34.2 Å². The quantitative estimate of drug-likeness (QED) is 0.375. The van der Waals surface area contributed by atoms with Gasteiger partial charge >= 0.3 is 5.97 Å². The molecule has 1 amide bonds. The summed E-state index contributed by atoms with van der Waals surface area (Å²) in [6.07, 6.45) is 2.09. The Hall–Kier alpha value is -3.81. The number of hydrogen-bond donors (Lipinski definition) is 1. The van der Waals surface area contributed by atoms with Crippen molar-refractivity contribution in [2.75, 3.05) is 11.9 Å². The lowest BCUT2D eigenvalue weighted by Gasteiger charge is -2.10. The second kappa shape index (κ2) is 7.90. The Kier molecular flexibility index (Phi) is 5.14. The highest BCUT2D eigenvalue weighted by Crippen LogP contribution is 2.40. The lowest BCUT2D eigenvalue weighted by molar-refractivity contribution is -0.385. The first-order valence-electron chi connectivity index (χ1n) is 9.54. The number of carbonyl (C=O) groups is 2. The molecule has 0 atom stereocenters. The maximum absolute atomic E-state index is 12.7. The van der Waals surface area contributed by atoms with E-state index in [1.165, 1.54) is 6.07 Å². The van der Waals surface area contributed by atoms with Gasteiger partial charge in [-0.2, -0.15) is 0 Å². The van der Waals surface area contributed by atoms with Crippen molar-refractivity contribution in [2.45, 2.75) is 25.7 Å². The number of rotatable bonds is 6. The van der Waals surface area contributed by atoms with Crippen LogP contribution >= 0.6 is 0 Å². The van der Waals surface area contributed by atoms with Crippen LogP contribution in [0.1, 0.15) is 40.4 Å². The molecule has 4 rings (SSSR count). The topological polar surface area (TPSA) is 111 Å². The van der Waals surface area contributed by atoms with E-state index in [0.29, 0.717) is 27.9 Å². The third kappa shape index (κ3) is 4.12. The van der Waals surface area contributed by atoms with Gasteiger partial charge in [0.1, 0.15) is 0 Å². The zero-order chi connectivity index (χ0) is 21.3. The zero-order valence-corrected chi connectivity index (χ0v) is 16.3. The number of nitrogens with zero attached hydrogens (tertiary/aromatic N) is 2. The molecule has 152 valence electrons. The summed E-state index contributed by atoms with van der Waals surface area (Å²) in [5, 5.41) is 14.2. The van der Waals surface area contributed by atoms with Crippen molar-refractivity contribution in [1.82, 2.24) is 4.98 Å². The fourth-order valence-corrected chi connectivity index (χ4v) is 3.24. The molecule has 0 spiro atoms. The fraction of sp³-hybridized carbons (Fsp3) is 0.227. The number of carbonyl (C=O) groups excluding carboxylic acids is 2. The third-order valence-corrected chi connectivity index (χ3v) is 4.98. The van der Waals surface area contributed by atoms with Gasteiger partial charge in [0, 0.05) is 34.3 Å².